The van der Waals surface area contributed by atoms with Gasteiger partial charge in [0.2, 0.25) is 0 Å². The predicted octanol–water partition coefficient (Wildman–Crippen LogP) is 3.96. The molecule has 1 aliphatic heterocycles. The van der Waals surface area contributed by atoms with Crippen molar-refractivity contribution in [2.45, 2.75) is 11.5 Å². The van der Waals surface area contributed by atoms with Gasteiger partial charge in [-0.05, 0) is 21.5 Å². The van der Waals surface area contributed by atoms with Gasteiger partial charge in [0.25, 0.3) is 0 Å². The van der Waals surface area contributed by atoms with Crippen LogP contribution in [0.5, 0.6) is 5.75 Å². The van der Waals surface area contributed by atoms with Gasteiger partial charge in [0.05, 0.1) is 17.5 Å². The van der Waals surface area contributed by atoms with Gasteiger partial charge in [0.15, 0.2) is 5.60 Å². The summed E-state index contributed by atoms with van der Waals surface area (Å²) in [5.74, 6) is -1.04. The average molecular weight is 445 g/mol. The second-order valence-corrected chi connectivity index (χ2v) is 6.99. The van der Waals surface area contributed by atoms with Gasteiger partial charge in [-0.3, -0.25) is 0 Å². The SMILES string of the molecule is CNC(=O)OC[C@]1(c2ccccc2)Oc2cc(F)c(Cl)c(Br)c2[C@@H]1CO. The summed E-state index contributed by atoms with van der Waals surface area (Å²) in [6.07, 6.45) is -0.639. The van der Waals surface area contributed by atoms with Crippen LogP contribution in [0.15, 0.2) is 40.9 Å². The molecule has 0 fully saturated rings. The van der Waals surface area contributed by atoms with Crippen LogP contribution in [0.4, 0.5) is 9.18 Å². The largest absolute Gasteiger partial charge is 0.478 e. The number of fused-ring (bicyclic) bond motifs is 1. The Kier molecular flexibility index (Phi) is 5.41. The summed E-state index contributed by atoms with van der Waals surface area (Å²) in [5, 5.41) is 12.4. The molecule has 138 valence electrons. The number of benzene rings is 2. The van der Waals surface area contributed by atoms with Crippen molar-refractivity contribution in [3.05, 3.63) is 62.8 Å². The van der Waals surface area contributed by atoms with E-state index >= 15 is 0 Å². The molecule has 0 saturated carbocycles. The molecule has 0 bridgehead atoms. The molecule has 8 heteroatoms. The van der Waals surface area contributed by atoms with Crippen LogP contribution >= 0.6 is 27.5 Å². The topological polar surface area (TPSA) is 67.8 Å². The molecule has 2 N–H and O–H groups in total. The number of hydrogen-bond acceptors (Lipinski definition) is 4. The summed E-state index contributed by atoms with van der Waals surface area (Å²) in [6.45, 7) is -0.498. The highest BCUT2D eigenvalue weighted by Gasteiger charge is 2.52. The summed E-state index contributed by atoms with van der Waals surface area (Å²) in [7, 11) is 1.44. The molecule has 1 amide bonds. The molecule has 26 heavy (non-hydrogen) atoms. The van der Waals surface area contributed by atoms with E-state index in [1.54, 1.807) is 24.3 Å². The number of rotatable bonds is 4. The summed E-state index contributed by atoms with van der Waals surface area (Å²) >= 11 is 9.32. The van der Waals surface area contributed by atoms with E-state index in [-0.39, 0.29) is 24.0 Å². The second kappa shape index (κ2) is 7.42. The molecule has 0 unspecified atom stereocenters. The van der Waals surface area contributed by atoms with Gasteiger partial charge in [0, 0.05) is 23.2 Å². The molecular weight excluding hydrogens is 429 g/mol. The lowest BCUT2D eigenvalue weighted by Crippen LogP contribution is -2.43. The van der Waals surface area contributed by atoms with Crippen molar-refractivity contribution in [3.8, 4) is 5.75 Å². The Balaban J connectivity index is 2.15. The number of ether oxygens (including phenoxy) is 2. The maximum atomic E-state index is 14.1. The number of aliphatic hydroxyl groups is 1. The van der Waals surface area contributed by atoms with E-state index in [1.807, 2.05) is 6.07 Å². The molecule has 3 rings (SSSR count). The number of halogens is 3. The molecule has 0 aromatic heterocycles. The third kappa shape index (κ3) is 3.04. The third-order valence-electron chi connectivity index (χ3n) is 4.43. The monoisotopic (exact) mass is 443 g/mol. The lowest BCUT2D eigenvalue weighted by atomic mass is 9.80. The molecule has 2 atom stereocenters. The Bertz CT molecular complexity index is 836. The smallest absolute Gasteiger partial charge is 0.407 e. The fraction of sp³-hybridized carbons (Fsp3) is 0.278. The molecular formula is C18H16BrClFNO4. The Morgan fingerprint density at radius 3 is 2.77 bits per heavy atom. The standard InChI is InChI=1S/C18H16BrClFNO4/c1-22-17(24)25-9-18(10-5-3-2-4-6-10)11(8-23)14-13(26-18)7-12(21)16(20)15(14)19/h2-7,11,23H,8-9H2,1H3,(H,22,24)/t11-,18+/m0/s1. The van der Waals surface area contributed by atoms with Gasteiger partial charge < -0.3 is 19.9 Å². The van der Waals surface area contributed by atoms with E-state index < -0.39 is 23.4 Å². The van der Waals surface area contributed by atoms with E-state index in [4.69, 9.17) is 21.1 Å². The minimum atomic E-state index is -1.22. The van der Waals surface area contributed by atoms with Crippen molar-refractivity contribution in [3.63, 3.8) is 0 Å². The quantitative estimate of drug-likeness (QED) is 0.701. The van der Waals surface area contributed by atoms with Gasteiger partial charge in [-0.1, -0.05) is 41.9 Å². The highest BCUT2D eigenvalue weighted by Crippen LogP contribution is 2.54. The fourth-order valence-electron chi connectivity index (χ4n) is 3.17. The maximum absolute atomic E-state index is 14.1. The van der Waals surface area contributed by atoms with E-state index in [9.17, 15) is 14.3 Å². The zero-order chi connectivity index (χ0) is 18.9. The van der Waals surface area contributed by atoms with Crippen LogP contribution in [-0.4, -0.2) is 31.5 Å². The highest BCUT2D eigenvalue weighted by atomic mass is 79.9. The number of amides is 1. The zero-order valence-corrected chi connectivity index (χ0v) is 16.1. The Hall–Kier alpha value is -1.83. The van der Waals surface area contributed by atoms with Crippen LogP contribution < -0.4 is 10.1 Å². The molecule has 1 aliphatic rings. The first-order chi connectivity index (χ1) is 12.4. The van der Waals surface area contributed by atoms with E-state index in [1.165, 1.54) is 13.1 Å². The van der Waals surface area contributed by atoms with Crippen molar-refractivity contribution < 1.29 is 23.8 Å². The van der Waals surface area contributed by atoms with E-state index in [2.05, 4.69) is 21.2 Å². The van der Waals surface area contributed by atoms with Crippen LogP contribution in [0.2, 0.25) is 5.02 Å². The lowest BCUT2D eigenvalue weighted by Gasteiger charge is -2.33. The van der Waals surface area contributed by atoms with Crippen LogP contribution in [0, 0.1) is 5.82 Å². The average Bonchev–Trinajstić information content (AvgIpc) is 2.99. The molecule has 5 nitrogen and oxygen atoms in total. The minimum absolute atomic E-state index is 0.0955. The molecule has 2 aromatic rings. The molecule has 0 spiro atoms. The number of aliphatic hydroxyl groups excluding tert-OH is 1. The maximum Gasteiger partial charge on any atom is 0.407 e. The predicted molar refractivity (Wildman–Crippen MR) is 98.1 cm³/mol. The molecule has 0 saturated heterocycles. The molecule has 2 aromatic carbocycles. The second-order valence-electron chi connectivity index (χ2n) is 5.82. The van der Waals surface area contributed by atoms with E-state index in [0.29, 0.717) is 15.6 Å². The fourth-order valence-corrected chi connectivity index (χ4v) is 3.99. The Labute approximate surface area is 163 Å². The van der Waals surface area contributed by atoms with Gasteiger partial charge in [-0.15, -0.1) is 0 Å². The van der Waals surface area contributed by atoms with Gasteiger partial charge >= 0.3 is 6.09 Å². The summed E-state index contributed by atoms with van der Waals surface area (Å²) in [4.78, 5) is 11.6. The number of carbonyl (C=O) groups excluding carboxylic acids is 1. The van der Waals surface area contributed by atoms with Gasteiger partial charge in [-0.2, -0.15) is 0 Å². The normalized spacial score (nSPS) is 21.0. The molecule has 0 aliphatic carbocycles. The van der Waals surface area contributed by atoms with Crippen LogP contribution in [0.25, 0.3) is 0 Å². The Morgan fingerprint density at radius 2 is 2.15 bits per heavy atom. The Morgan fingerprint density at radius 1 is 1.46 bits per heavy atom. The first-order valence-electron chi connectivity index (χ1n) is 7.82. The summed E-state index contributed by atoms with van der Waals surface area (Å²) < 4.78 is 25.8. The van der Waals surface area contributed by atoms with Crippen molar-refractivity contribution in [1.82, 2.24) is 5.32 Å². The van der Waals surface area contributed by atoms with Gasteiger partial charge in [0.1, 0.15) is 18.2 Å². The van der Waals surface area contributed by atoms with Crippen molar-refractivity contribution in [2.24, 2.45) is 0 Å². The van der Waals surface area contributed by atoms with Crippen molar-refractivity contribution in [2.75, 3.05) is 20.3 Å². The van der Waals surface area contributed by atoms with Crippen LogP contribution in [0.1, 0.15) is 17.0 Å². The number of hydrogen-bond donors (Lipinski definition) is 2. The first kappa shape index (κ1) is 18.9. The number of carbonyl (C=O) groups is 1. The number of nitrogens with one attached hydrogen (secondary N) is 1. The number of alkyl carbamates (subject to hydrolysis) is 1. The van der Waals surface area contributed by atoms with Crippen molar-refractivity contribution >= 4 is 33.6 Å². The highest BCUT2D eigenvalue weighted by molar-refractivity contribution is 9.10. The first-order valence-corrected chi connectivity index (χ1v) is 8.99. The molecule has 0 radical (unpaired) electrons. The van der Waals surface area contributed by atoms with Crippen molar-refractivity contribution in [1.29, 1.82) is 0 Å². The lowest BCUT2D eigenvalue weighted by molar-refractivity contribution is -0.0180. The van der Waals surface area contributed by atoms with E-state index in [0.717, 1.165) is 0 Å². The van der Waals surface area contributed by atoms with Crippen LogP contribution in [0.3, 0.4) is 0 Å². The zero-order valence-electron chi connectivity index (χ0n) is 13.8. The van der Waals surface area contributed by atoms with Gasteiger partial charge in [-0.25, -0.2) is 9.18 Å². The third-order valence-corrected chi connectivity index (χ3v) is 5.85. The van der Waals surface area contributed by atoms with Crippen LogP contribution in [-0.2, 0) is 10.3 Å². The summed E-state index contributed by atoms with van der Waals surface area (Å²) in [6, 6.07) is 10.2. The minimum Gasteiger partial charge on any atom is -0.478 e. The summed E-state index contributed by atoms with van der Waals surface area (Å²) in [5.41, 5.74) is -0.00402. The molecule has 1 heterocycles.